The van der Waals surface area contributed by atoms with Crippen molar-refractivity contribution < 1.29 is 18.0 Å². The van der Waals surface area contributed by atoms with E-state index in [0.717, 1.165) is 29.4 Å². The lowest BCUT2D eigenvalue weighted by Gasteiger charge is -2.12. The fourth-order valence-corrected chi connectivity index (χ4v) is 2.46. The first-order valence-corrected chi connectivity index (χ1v) is 6.51. The molecule has 0 N–H and O–H groups in total. The standard InChI is InChI=1S/C15H15F3N2O/c1-4-13-9(2)19-20(10(13)3)12-6-5-11(8-21)14(7-12)15(16,17)18/h5-8H,4H2,1-3H3. The number of aromatic nitrogens is 2. The molecule has 1 aromatic carbocycles. The molecule has 0 bridgehead atoms. The third-order valence-corrected chi connectivity index (χ3v) is 3.51. The van der Waals surface area contributed by atoms with Gasteiger partial charge in [-0.2, -0.15) is 18.3 Å². The molecule has 0 saturated heterocycles. The Bertz CT molecular complexity index is 687. The molecule has 0 radical (unpaired) electrons. The zero-order valence-corrected chi connectivity index (χ0v) is 12.0. The van der Waals surface area contributed by atoms with Crippen molar-refractivity contribution in [3.8, 4) is 5.69 Å². The van der Waals surface area contributed by atoms with E-state index >= 15 is 0 Å². The van der Waals surface area contributed by atoms with Crippen LogP contribution >= 0.6 is 0 Å². The summed E-state index contributed by atoms with van der Waals surface area (Å²) in [6.07, 6.45) is -3.60. The highest BCUT2D eigenvalue weighted by Crippen LogP contribution is 2.33. The molecular weight excluding hydrogens is 281 g/mol. The minimum Gasteiger partial charge on any atom is -0.298 e. The largest absolute Gasteiger partial charge is 0.417 e. The summed E-state index contributed by atoms with van der Waals surface area (Å²) in [7, 11) is 0. The molecule has 0 aliphatic heterocycles. The van der Waals surface area contributed by atoms with Crippen LogP contribution in [0.15, 0.2) is 18.2 Å². The van der Waals surface area contributed by atoms with Gasteiger partial charge in [-0.1, -0.05) is 6.92 Å². The molecule has 0 aliphatic carbocycles. The molecule has 6 heteroatoms. The van der Waals surface area contributed by atoms with Crippen molar-refractivity contribution in [2.75, 3.05) is 0 Å². The molecule has 2 aromatic rings. The molecule has 2 rings (SSSR count). The molecule has 1 aromatic heterocycles. The molecule has 0 saturated carbocycles. The first kappa shape index (κ1) is 15.3. The number of aryl methyl sites for hydroxylation is 1. The molecule has 0 aliphatic rings. The molecule has 3 nitrogen and oxygen atoms in total. The summed E-state index contributed by atoms with van der Waals surface area (Å²) in [6, 6.07) is 3.60. The van der Waals surface area contributed by atoms with Crippen molar-refractivity contribution in [3.05, 3.63) is 46.3 Å². The van der Waals surface area contributed by atoms with Crippen LogP contribution in [-0.4, -0.2) is 16.1 Å². The van der Waals surface area contributed by atoms with Crippen LogP contribution in [0.3, 0.4) is 0 Å². The van der Waals surface area contributed by atoms with Crippen molar-refractivity contribution in [2.45, 2.75) is 33.4 Å². The van der Waals surface area contributed by atoms with Crippen LogP contribution in [0.1, 0.15) is 39.8 Å². The molecular formula is C15H15F3N2O. The quantitative estimate of drug-likeness (QED) is 0.806. The first-order valence-electron chi connectivity index (χ1n) is 6.51. The lowest BCUT2D eigenvalue weighted by atomic mass is 10.1. The smallest absolute Gasteiger partial charge is 0.298 e. The van der Waals surface area contributed by atoms with Gasteiger partial charge < -0.3 is 0 Å². The van der Waals surface area contributed by atoms with Crippen LogP contribution in [0.5, 0.6) is 0 Å². The number of benzene rings is 1. The van der Waals surface area contributed by atoms with Gasteiger partial charge in [0.15, 0.2) is 6.29 Å². The summed E-state index contributed by atoms with van der Waals surface area (Å²) in [6.45, 7) is 5.62. The third kappa shape index (κ3) is 2.70. The maximum Gasteiger partial charge on any atom is 0.417 e. The minimum absolute atomic E-state index is 0.214. The number of halogens is 3. The summed E-state index contributed by atoms with van der Waals surface area (Å²) in [5.74, 6) is 0. The van der Waals surface area contributed by atoms with Gasteiger partial charge in [0.2, 0.25) is 0 Å². The first-order chi connectivity index (χ1) is 9.79. The van der Waals surface area contributed by atoms with E-state index < -0.39 is 11.7 Å². The van der Waals surface area contributed by atoms with E-state index in [1.807, 2.05) is 20.8 Å². The second kappa shape index (κ2) is 5.35. The predicted octanol–water partition coefficient (Wildman–Crippen LogP) is 3.88. The number of hydrogen-bond donors (Lipinski definition) is 0. The van der Waals surface area contributed by atoms with Crippen molar-refractivity contribution in [2.24, 2.45) is 0 Å². The Morgan fingerprint density at radius 2 is 1.95 bits per heavy atom. The number of nitrogens with zero attached hydrogens (tertiary/aromatic N) is 2. The molecule has 0 spiro atoms. The molecule has 21 heavy (non-hydrogen) atoms. The second-order valence-electron chi connectivity index (χ2n) is 4.80. The van der Waals surface area contributed by atoms with E-state index in [0.29, 0.717) is 5.69 Å². The summed E-state index contributed by atoms with van der Waals surface area (Å²) in [5, 5.41) is 4.29. The average molecular weight is 296 g/mol. The molecule has 0 atom stereocenters. The Morgan fingerprint density at radius 3 is 2.43 bits per heavy atom. The minimum atomic E-state index is -4.57. The zero-order chi connectivity index (χ0) is 15.8. The van der Waals surface area contributed by atoms with Crippen LogP contribution in [0.2, 0.25) is 0 Å². The number of carbonyl (C=O) groups excluding carboxylic acids is 1. The number of aldehydes is 1. The van der Waals surface area contributed by atoms with Gasteiger partial charge in [0.1, 0.15) is 0 Å². The molecule has 112 valence electrons. The van der Waals surface area contributed by atoms with Crippen molar-refractivity contribution in [1.82, 2.24) is 9.78 Å². The molecule has 0 amide bonds. The van der Waals surface area contributed by atoms with E-state index in [1.165, 1.54) is 16.8 Å². The van der Waals surface area contributed by atoms with Gasteiger partial charge in [-0.3, -0.25) is 4.79 Å². The Labute approximate surface area is 120 Å². The summed E-state index contributed by atoms with van der Waals surface area (Å²) < 4.78 is 40.5. The average Bonchev–Trinajstić information content (AvgIpc) is 2.71. The fourth-order valence-electron chi connectivity index (χ4n) is 2.46. The molecule has 0 unspecified atom stereocenters. The van der Waals surface area contributed by atoms with Gasteiger partial charge in [-0.05, 0) is 44.0 Å². The van der Waals surface area contributed by atoms with E-state index in [1.54, 1.807) is 0 Å². The molecule has 0 fully saturated rings. The number of carbonyl (C=O) groups is 1. The normalized spacial score (nSPS) is 11.7. The highest BCUT2D eigenvalue weighted by Gasteiger charge is 2.33. The van der Waals surface area contributed by atoms with Gasteiger partial charge in [0.25, 0.3) is 0 Å². The van der Waals surface area contributed by atoms with Gasteiger partial charge >= 0.3 is 6.18 Å². The Morgan fingerprint density at radius 1 is 1.29 bits per heavy atom. The summed E-state index contributed by atoms with van der Waals surface area (Å²) >= 11 is 0. The number of hydrogen-bond acceptors (Lipinski definition) is 2. The van der Waals surface area contributed by atoms with Gasteiger partial charge in [-0.15, -0.1) is 0 Å². The lowest BCUT2D eigenvalue weighted by molar-refractivity contribution is -0.137. The predicted molar refractivity (Wildman–Crippen MR) is 72.8 cm³/mol. The van der Waals surface area contributed by atoms with Gasteiger partial charge in [-0.25, -0.2) is 4.68 Å². The lowest BCUT2D eigenvalue weighted by Crippen LogP contribution is -2.11. The van der Waals surface area contributed by atoms with Gasteiger partial charge in [0, 0.05) is 11.3 Å². The van der Waals surface area contributed by atoms with E-state index in [2.05, 4.69) is 5.10 Å². The number of alkyl halides is 3. The monoisotopic (exact) mass is 296 g/mol. The Kier molecular flexibility index (Phi) is 3.89. The van der Waals surface area contributed by atoms with E-state index in [9.17, 15) is 18.0 Å². The van der Waals surface area contributed by atoms with Crippen LogP contribution in [0, 0.1) is 13.8 Å². The van der Waals surface area contributed by atoms with E-state index in [4.69, 9.17) is 0 Å². The van der Waals surface area contributed by atoms with Crippen LogP contribution in [0.4, 0.5) is 13.2 Å². The van der Waals surface area contributed by atoms with Crippen LogP contribution < -0.4 is 0 Å². The summed E-state index contributed by atoms with van der Waals surface area (Å²) in [4.78, 5) is 10.8. The maximum absolute atomic E-state index is 13.0. The zero-order valence-electron chi connectivity index (χ0n) is 12.0. The highest BCUT2D eigenvalue weighted by molar-refractivity contribution is 5.78. The van der Waals surface area contributed by atoms with Crippen molar-refractivity contribution >= 4 is 6.29 Å². The summed E-state index contributed by atoms with van der Waals surface area (Å²) in [5.41, 5.74) is 1.60. The Balaban J connectivity index is 2.64. The highest BCUT2D eigenvalue weighted by atomic mass is 19.4. The Hall–Kier alpha value is -2.11. The van der Waals surface area contributed by atoms with Crippen LogP contribution in [0.25, 0.3) is 5.69 Å². The maximum atomic E-state index is 13.0. The molecule has 1 heterocycles. The SMILES string of the molecule is CCc1c(C)nn(-c2ccc(C=O)c(C(F)(F)F)c2)c1C. The van der Waals surface area contributed by atoms with E-state index in [-0.39, 0.29) is 11.8 Å². The fraction of sp³-hybridized carbons (Fsp3) is 0.333. The second-order valence-corrected chi connectivity index (χ2v) is 4.80. The van der Waals surface area contributed by atoms with Crippen molar-refractivity contribution in [3.63, 3.8) is 0 Å². The topological polar surface area (TPSA) is 34.9 Å². The third-order valence-electron chi connectivity index (χ3n) is 3.51. The van der Waals surface area contributed by atoms with Crippen molar-refractivity contribution in [1.29, 1.82) is 0 Å². The van der Waals surface area contributed by atoms with Crippen LogP contribution in [-0.2, 0) is 12.6 Å². The van der Waals surface area contributed by atoms with Gasteiger partial charge in [0.05, 0.1) is 16.9 Å². The number of rotatable bonds is 3.